The van der Waals surface area contributed by atoms with Gasteiger partial charge in [0.15, 0.2) is 11.6 Å². The van der Waals surface area contributed by atoms with Crippen molar-refractivity contribution in [1.29, 1.82) is 0 Å². The SMILES string of the molecule is COc1ccc(C[NH+](C)Cc2cc(=O)n3c(C)cccc3n2)cc1F. The van der Waals surface area contributed by atoms with E-state index >= 15 is 0 Å². The van der Waals surface area contributed by atoms with Gasteiger partial charge in [-0.25, -0.2) is 9.37 Å². The summed E-state index contributed by atoms with van der Waals surface area (Å²) in [5, 5.41) is 0. The molecule has 0 radical (unpaired) electrons. The van der Waals surface area contributed by atoms with Crippen molar-refractivity contribution in [3.8, 4) is 5.75 Å². The Bertz CT molecular complexity index is 969. The third-order valence-corrected chi connectivity index (χ3v) is 4.14. The van der Waals surface area contributed by atoms with Crippen LogP contribution < -0.4 is 15.2 Å². The Morgan fingerprint density at radius 3 is 2.72 bits per heavy atom. The molecule has 0 saturated heterocycles. The molecule has 1 aromatic carbocycles. The molecule has 0 aliphatic carbocycles. The molecule has 0 aliphatic heterocycles. The maximum atomic E-state index is 13.8. The van der Waals surface area contributed by atoms with Crippen LogP contribution in [0.2, 0.25) is 0 Å². The maximum Gasteiger partial charge on any atom is 0.258 e. The topological polar surface area (TPSA) is 48.0 Å². The summed E-state index contributed by atoms with van der Waals surface area (Å²) in [5.74, 6) is -0.133. The molecule has 0 aliphatic rings. The summed E-state index contributed by atoms with van der Waals surface area (Å²) in [7, 11) is 3.43. The Kier molecular flexibility index (Phi) is 4.81. The molecule has 3 rings (SSSR count). The number of quaternary nitrogens is 1. The zero-order valence-corrected chi connectivity index (χ0v) is 14.5. The summed E-state index contributed by atoms with van der Waals surface area (Å²) >= 11 is 0. The van der Waals surface area contributed by atoms with Gasteiger partial charge in [-0.15, -0.1) is 0 Å². The highest BCUT2D eigenvalue weighted by atomic mass is 19.1. The number of methoxy groups -OCH3 is 1. The zero-order valence-electron chi connectivity index (χ0n) is 14.5. The fourth-order valence-corrected chi connectivity index (χ4v) is 2.99. The number of halogens is 1. The van der Waals surface area contributed by atoms with Crippen molar-refractivity contribution in [2.75, 3.05) is 14.2 Å². The molecule has 0 saturated carbocycles. The summed E-state index contributed by atoms with van der Waals surface area (Å²) in [4.78, 5) is 18.0. The van der Waals surface area contributed by atoms with E-state index in [1.165, 1.54) is 13.2 Å². The van der Waals surface area contributed by atoms with Gasteiger partial charge in [0.2, 0.25) is 0 Å². The summed E-state index contributed by atoms with van der Waals surface area (Å²) < 4.78 is 20.3. The predicted molar refractivity (Wildman–Crippen MR) is 93.4 cm³/mol. The van der Waals surface area contributed by atoms with Crippen LogP contribution in [0.25, 0.3) is 5.65 Å². The first kappa shape index (κ1) is 17.1. The number of fused-ring (bicyclic) bond motifs is 1. The lowest BCUT2D eigenvalue weighted by Crippen LogP contribution is -3.06. The van der Waals surface area contributed by atoms with E-state index in [0.29, 0.717) is 18.7 Å². The van der Waals surface area contributed by atoms with Crippen LogP contribution in [-0.4, -0.2) is 23.5 Å². The molecule has 130 valence electrons. The van der Waals surface area contributed by atoms with E-state index in [4.69, 9.17) is 4.74 Å². The van der Waals surface area contributed by atoms with Gasteiger partial charge in [0.1, 0.15) is 24.4 Å². The number of ether oxygens (including phenoxy) is 1. The first-order valence-electron chi connectivity index (χ1n) is 8.10. The Hall–Kier alpha value is -2.73. The van der Waals surface area contributed by atoms with Gasteiger partial charge < -0.3 is 9.64 Å². The molecule has 1 N–H and O–H groups in total. The van der Waals surface area contributed by atoms with E-state index in [1.54, 1.807) is 16.5 Å². The number of aromatic nitrogens is 2. The van der Waals surface area contributed by atoms with Gasteiger partial charge in [-0.2, -0.15) is 0 Å². The van der Waals surface area contributed by atoms with E-state index < -0.39 is 0 Å². The quantitative estimate of drug-likeness (QED) is 0.762. The third-order valence-electron chi connectivity index (χ3n) is 4.14. The van der Waals surface area contributed by atoms with E-state index in [1.807, 2.05) is 38.2 Å². The zero-order chi connectivity index (χ0) is 18.0. The fourth-order valence-electron chi connectivity index (χ4n) is 2.99. The average molecular weight is 342 g/mol. The molecule has 1 atom stereocenters. The number of aryl methyl sites for hydroxylation is 1. The van der Waals surface area contributed by atoms with Crippen LogP contribution in [0.5, 0.6) is 5.75 Å². The monoisotopic (exact) mass is 342 g/mol. The second-order valence-corrected chi connectivity index (χ2v) is 6.23. The van der Waals surface area contributed by atoms with E-state index in [0.717, 1.165) is 21.9 Å². The summed E-state index contributed by atoms with van der Waals surface area (Å²) in [6.45, 7) is 3.08. The number of hydrogen-bond acceptors (Lipinski definition) is 3. The molecule has 3 aromatic rings. The van der Waals surface area contributed by atoms with Crippen molar-refractivity contribution in [2.24, 2.45) is 0 Å². The summed E-state index contributed by atoms with van der Waals surface area (Å²) in [6, 6.07) is 12.1. The van der Waals surface area contributed by atoms with Crippen LogP contribution in [0, 0.1) is 12.7 Å². The Morgan fingerprint density at radius 2 is 2.00 bits per heavy atom. The van der Waals surface area contributed by atoms with Crippen molar-refractivity contribution < 1.29 is 14.0 Å². The molecule has 2 aromatic heterocycles. The second kappa shape index (κ2) is 7.03. The molecule has 0 fully saturated rings. The van der Waals surface area contributed by atoms with Crippen LogP contribution in [-0.2, 0) is 13.1 Å². The van der Waals surface area contributed by atoms with Crippen LogP contribution in [0.4, 0.5) is 4.39 Å². The van der Waals surface area contributed by atoms with Gasteiger partial charge in [-0.1, -0.05) is 6.07 Å². The van der Waals surface area contributed by atoms with Gasteiger partial charge in [0.25, 0.3) is 5.56 Å². The average Bonchev–Trinajstić information content (AvgIpc) is 2.54. The molecular weight excluding hydrogens is 321 g/mol. The minimum atomic E-state index is -0.370. The Labute approximate surface area is 145 Å². The van der Waals surface area contributed by atoms with Gasteiger partial charge in [0, 0.05) is 17.3 Å². The minimum absolute atomic E-state index is 0.0820. The fraction of sp³-hybridized carbons (Fsp3) is 0.263. The normalized spacial score (nSPS) is 12.3. The lowest BCUT2D eigenvalue weighted by atomic mass is 10.2. The lowest BCUT2D eigenvalue weighted by Gasteiger charge is -2.15. The van der Waals surface area contributed by atoms with Gasteiger partial charge in [0.05, 0.1) is 14.2 Å². The van der Waals surface area contributed by atoms with E-state index in [-0.39, 0.29) is 17.1 Å². The molecule has 0 bridgehead atoms. The molecule has 5 nitrogen and oxygen atoms in total. The highest BCUT2D eigenvalue weighted by molar-refractivity contribution is 5.40. The summed E-state index contributed by atoms with van der Waals surface area (Å²) in [6.07, 6.45) is 0. The van der Waals surface area contributed by atoms with Crippen LogP contribution in [0.15, 0.2) is 47.3 Å². The number of nitrogens with one attached hydrogen (secondary N) is 1. The molecule has 25 heavy (non-hydrogen) atoms. The molecule has 0 amide bonds. The van der Waals surface area contributed by atoms with Crippen LogP contribution >= 0.6 is 0 Å². The lowest BCUT2D eigenvalue weighted by molar-refractivity contribution is -0.908. The molecule has 2 heterocycles. The van der Waals surface area contributed by atoms with Gasteiger partial charge in [-0.3, -0.25) is 9.20 Å². The largest absolute Gasteiger partial charge is 0.494 e. The molecular formula is C19H21FN3O2+. The number of benzene rings is 1. The van der Waals surface area contributed by atoms with Gasteiger partial charge in [-0.05, 0) is 37.3 Å². The number of nitrogens with zero attached hydrogens (tertiary/aromatic N) is 2. The molecule has 1 unspecified atom stereocenters. The van der Waals surface area contributed by atoms with E-state index in [2.05, 4.69) is 4.98 Å². The minimum Gasteiger partial charge on any atom is -0.494 e. The van der Waals surface area contributed by atoms with Crippen LogP contribution in [0.3, 0.4) is 0 Å². The third kappa shape index (κ3) is 3.69. The standard InChI is InChI=1S/C19H20FN3O2/c1-13-5-4-6-18-21-15(10-19(24)23(13)18)12-22(2)11-14-7-8-17(25-3)16(20)9-14/h4-10H,11-12H2,1-3H3/p+1. The first-order chi connectivity index (χ1) is 12.0. The smallest absolute Gasteiger partial charge is 0.258 e. The number of hydrogen-bond donors (Lipinski definition) is 1. The van der Waals surface area contributed by atoms with E-state index in [9.17, 15) is 9.18 Å². The summed E-state index contributed by atoms with van der Waals surface area (Å²) in [5.41, 5.74) is 3.01. The molecule has 0 spiro atoms. The van der Waals surface area contributed by atoms with Gasteiger partial charge >= 0.3 is 0 Å². The number of rotatable bonds is 5. The second-order valence-electron chi connectivity index (χ2n) is 6.23. The molecule has 6 heteroatoms. The maximum absolute atomic E-state index is 13.8. The van der Waals surface area contributed by atoms with Crippen molar-refractivity contribution in [3.05, 3.63) is 75.6 Å². The van der Waals surface area contributed by atoms with Crippen LogP contribution in [0.1, 0.15) is 17.0 Å². The highest BCUT2D eigenvalue weighted by Crippen LogP contribution is 2.17. The number of pyridine rings is 1. The Balaban J connectivity index is 1.79. The van der Waals surface area contributed by atoms with Crippen molar-refractivity contribution >= 4 is 5.65 Å². The predicted octanol–water partition coefficient (Wildman–Crippen LogP) is 1.37. The first-order valence-corrected chi connectivity index (χ1v) is 8.10. The highest BCUT2D eigenvalue weighted by Gasteiger charge is 2.11. The Morgan fingerprint density at radius 1 is 1.20 bits per heavy atom. The van der Waals surface area contributed by atoms with Crippen molar-refractivity contribution in [3.63, 3.8) is 0 Å². The van der Waals surface area contributed by atoms with Crippen molar-refractivity contribution in [2.45, 2.75) is 20.0 Å². The van der Waals surface area contributed by atoms with Crippen molar-refractivity contribution in [1.82, 2.24) is 9.38 Å².